The van der Waals surface area contributed by atoms with Gasteiger partial charge in [-0.25, -0.2) is 0 Å². The zero-order valence-corrected chi connectivity index (χ0v) is 11.2. The molecule has 0 aromatic rings. The molecule has 0 fully saturated rings. The highest BCUT2D eigenvalue weighted by molar-refractivity contribution is 6.40. The summed E-state index contributed by atoms with van der Waals surface area (Å²) in [6.45, 7) is 8.40. The molecule has 100 valence electrons. The van der Waals surface area contributed by atoms with Crippen molar-refractivity contribution in [3.63, 3.8) is 0 Å². The average Bonchev–Trinajstić information content (AvgIpc) is 2.35. The highest BCUT2D eigenvalue weighted by atomic mass is 15.4. The Hall–Kier alpha value is -2.12. The maximum atomic E-state index is 4.15. The Balaban J connectivity index is 2.72. The Labute approximate surface area is 107 Å². The van der Waals surface area contributed by atoms with E-state index in [-0.39, 0.29) is 0 Å². The maximum absolute atomic E-state index is 4.15. The van der Waals surface area contributed by atoms with Crippen molar-refractivity contribution in [3.8, 4) is 0 Å². The number of nitrogens with one attached hydrogen (secondary N) is 4. The zero-order chi connectivity index (χ0) is 13.4. The van der Waals surface area contributed by atoms with E-state index in [9.17, 15) is 0 Å². The molecule has 0 saturated carbocycles. The Morgan fingerprint density at radius 1 is 0.556 bits per heavy atom. The minimum atomic E-state index is 0.441. The molecule has 1 heterocycles. The lowest BCUT2D eigenvalue weighted by Gasteiger charge is -2.07. The van der Waals surface area contributed by atoms with Gasteiger partial charge in [-0.3, -0.25) is 21.7 Å². The number of hydrazone groups is 4. The topological polar surface area (TPSA) is 97.6 Å². The summed E-state index contributed by atoms with van der Waals surface area (Å²) in [6, 6.07) is 0. The largest absolute Gasteiger partial charge is 0.289 e. The Bertz CT molecular complexity index is 319. The summed E-state index contributed by atoms with van der Waals surface area (Å²) in [7, 11) is 0. The van der Waals surface area contributed by atoms with Crippen LogP contribution in [0.5, 0.6) is 0 Å². The van der Waals surface area contributed by atoms with E-state index in [2.05, 4.69) is 42.1 Å². The van der Waals surface area contributed by atoms with Crippen molar-refractivity contribution < 1.29 is 0 Å². The van der Waals surface area contributed by atoms with Gasteiger partial charge in [0.2, 0.25) is 0 Å². The van der Waals surface area contributed by atoms with Crippen molar-refractivity contribution >= 4 is 22.8 Å². The molecule has 0 saturated heterocycles. The second kappa shape index (κ2) is 7.25. The molecule has 18 heavy (non-hydrogen) atoms. The Morgan fingerprint density at radius 3 is 1.00 bits per heavy atom. The van der Waals surface area contributed by atoms with Gasteiger partial charge in [-0.2, -0.15) is 20.4 Å². The first-order chi connectivity index (χ1) is 8.61. The van der Waals surface area contributed by atoms with Crippen molar-refractivity contribution in [3.05, 3.63) is 0 Å². The molecule has 1 aliphatic heterocycles. The van der Waals surface area contributed by atoms with Crippen LogP contribution in [0.4, 0.5) is 0 Å². The molecule has 0 atom stereocenters. The second-order valence-electron chi connectivity index (χ2n) is 3.77. The van der Waals surface area contributed by atoms with E-state index in [0.717, 1.165) is 22.8 Å². The first-order valence-corrected chi connectivity index (χ1v) is 5.70. The van der Waals surface area contributed by atoms with Gasteiger partial charge in [0, 0.05) is 0 Å². The van der Waals surface area contributed by atoms with Crippen LogP contribution in [0.1, 0.15) is 27.7 Å². The van der Waals surface area contributed by atoms with Crippen molar-refractivity contribution in [2.75, 3.05) is 13.3 Å². The monoisotopic (exact) mass is 252 g/mol. The first kappa shape index (κ1) is 13.9. The van der Waals surface area contributed by atoms with Gasteiger partial charge < -0.3 is 0 Å². The molecule has 0 radical (unpaired) electrons. The van der Waals surface area contributed by atoms with Crippen LogP contribution in [-0.4, -0.2) is 36.2 Å². The van der Waals surface area contributed by atoms with E-state index in [1.807, 2.05) is 27.7 Å². The van der Waals surface area contributed by atoms with E-state index in [1.54, 1.807) is 0 Å². The Morgan fingerprint density at radius 2 is 0.778 bits per heavy atom. The van der Waals surface area contributed by atoms with Gasteiger partial charge in [0.15, 0.2) is 0 Å². The van der Waals surface area contributed by atoms with Gasteiger partial charge in [-0.1, -0.05) is 0 Å². The molecular formula is C10H20N8. The Kier molecular flexibility index (Phi) is 5.62. The molecule has 0 unspecified atom stereocenters. The molecule has 0 spiro atoms. The first-order valence-electron chi connectivity index (χ1n) is 5.70. The summed E-state index contributed by atoms with van der Waals surface area (Å²) in [5, 5.41) is 16.6. The molecule has 0 aromatic heterocycles. The van der Waals surface area contributed by atoms with E-state index < -0.39 is 0 Å². The van der Waals surface area contributed by atoms with Gasteiger partial charge in [0.05, 0.1) is 22.8 Å². The molecule has 1 rings (SSSR count). The molecule has 8 heteroatoms. The van der Waals surface area contributed by atoms with Gasteiger partial charge in [-0.15, -0.1) is 0 Å². The quantitative estimate of drug-likeness (QED) is 0.479. The lowest BCUT2D eigenvalue weighted by molar-refractivity contribution is 0.622. The van der Waals surface area contributed by atoms with Crippen molar-refractivity contribution in [2.45, 2.75) is 27.7 Å². The van der Waals surface area contributed by atoms with E-state index in [0.29, 0.717) is 13.3 Å². The van der Waals surface area contributed by atoms with Gasteiger partial charge in [-0.05, 0) is 27.7 Å². The summed E-state index contributed by atoms with van der Waals surface area (Å²) < 4.78 is 0. The maximum Gasteiger partial charge on any atom is 0.117 e. The average molecular weight is 252 g/mol. The lowest BCUT2D eigenvalue weighted by atomic mass is 10.3. The van der Waals surface area contributed by atoms with Gasteiger partial charge in [0.1, 0.15) is 13.3 Å². The predicted octanol–water partition coefficient (Wildman–Crippen LogP) is -0.223. The second-order valence-corrected chi connectivity index (χ2v) is 3.77. The van der Waals surface area contributed by atoms with Gasteiger partial charge >= 0.3 is 0 Å². The molecular weight excluding hydrogens is 232 g/mol. The molecule has 0 aliphatic carbocycles. The van der Waals surface area contributed by atoms with Gasteiger partial charge in [0.25, 0.3) is 0 Å². The van der Waals surface area contributed by atoms with Crippen LogP contribution in [0.25, 0.3) is 0 Å². The van der Waals surface area contributed by atoms with Crippen LogP contribution in [0.2, 0.25) is 0 Å². The smallest absolute Gasteiger partial charge is 0.117 e. The van der Waals surface area contributed by atoms with Crippen molar-refractivity contribution in [1.82, 2.24) is 21.7 Å². The molecule has 0 bridgehead atoms. The summed E-state index contributed by atoms with van der Waals surface area (Å²) in [5.74, 6) is 0. The highest BCUT2D eigenvalue weighted by Gasteiger charge is 1.98. The summed E-state index contributed by atoms with van der Waals surface area (Å²) in [6.07, 6.45) is 0. The number of hydrogen-bond donors (Lipinski definition) is 4. The highest BCUT2D eigenvalue weighted by Crippen LogP contribution is 1.84. The summed E-state index contributed by atoms with van der Waals surface area (Å²) >= 11 is 0. The van der Waals surface area contributed by atoms with Crippen molar-refractivity contribution in [2.24, 2.45) is 20.4 Å². The van der Waals surface area contributed by atoms with Crippen LogP contribution in [0, 0.1) is 0 Å². The fourth-order valence-corrected chi connectivity index (χ4v) is 1.03. The van der Waals surface area contributed by atoms with Crippen molar-refractivity contribution in [1.29, 1.82) is 0 Å². The van der Waals surface area contributed by atoms with E-state index in [1.165, 1.54) is 0 Å². The fraction of sp³-hybridized carbons (Fsp3) is 0.600. The number of nitrogens with zero attached hydrogens (tertiary/aromatic N) is 4. The van der Waals surface area contributed by atoms with E-state index >= 15 is 0 Å². The SMILES string of the molecule is CC1=NNCNN=C(C)C(C)=NNCNN=C1C. The summed E-state index contributed by atoms with van der Waals surface area (Å²) in [4.78, 5) is 0. The van der Waals surface area contributed by atoms with Crippen LogP contribution < -0.4 is 21.7 Å². The number of hydrogen-bond acceptors (Lipinski definition) is 8. The normalized spacial score (nSPS) is 18.4. The van der Waals surface area contributed by atoms with Crippen LogP contribution in [0.3, 0.4) is 0 Å². The molecule has 0 amide bonds. The third-order valence-electron chi connectivity index (χ3n) is 2.35. The third-order valence-corrected chi connectivity index (χ3v) is 2.35. The molecule has 8 nitrogen and oxygen atoms in total. The van der Waals surface area contributed by atoms with Crippen LogP contribution in [0.15, 0.2) is 20.4 Å². The predicted molar refractivity (Wildman–Crippen MR) is 74.7 cm³/mol. The van der Waals surface area contributed by atoms with Crippen LogP contribution >= 0.6 is 0 Å². The molecule has 4 N–H and O–H groups in total. The zero-order valence-electron chi connectivity index (χ0n) is 11.2. The fourth-order valence-electron chi connectivity index (χ4n) is 1.03. The lowest BCUT2D eigenvalue weighted by Crippen LogP contribution is -2.28. The summed E-state index contributed by atoms with van der Waals surface area (Å²) in [5.41, 5.74) is 14.7. The minimum Gasteiger partial charge on any atom is -0.289 e. The van der Waals surface area contributed by atoms with Crippen LogP contribution in [-0.2, 0) is 0 Å². The van der Waals surface area contributed by atoms with E-state index in [4.69, 9.17) is 0 Å². The standard InChI is InChI=1S/C10H20N8/c1-7-8(2)16-12-6-14-18-10(4)9(3)17-13-5-11-15-7/h11-14H,5-6H2,1-4H3. The third kappa shape index (κ3) is 4.81. The number of rotatable bonds is 0. The molecule has 1 aliphatic rings. The minimum absolute atomic E-state index is 0.441. The molecule has 0 aromatic carbocycles.